The van der Waals surface area contributed by atoms with Gasteiger partial charge in [0.2, 0.25) is 0 Å². The van der Waals surface area contributed by atoms with Crippen molar-refractivity contribution in [2.24, 2.45) is 0 Å². The topological polar surface area (TPSA) is 203 Å². The Morgan fingerprint density at radius 1 is 0.836 bits per heavy atom. The molecule has 3 rings (SSSR count). The smallest absolute Gasteiger partial charge is 0.294 e. The van der Waals surface area contributed by atoms with Gasteiger partial charge in [0, 0.05) is 56.2 Å². The zero-order chi connectivity index (χ0) is 41.1. The molecule has 3 N–H and O–H groups in total. The maximum absolute atomic E-state index is 12.2. The zero-order valence-corrected chi connectivity index (χ0v) is 34.4. The summed E-state index contributed by atoms with van der Waals surface area (Å²) < 4.78 is 122. The highest BCUT2D eigenvalue weighted by Gasteiger charge is 2.44. The third kappa shape index (κ3) is 12.6. The van der Waals surface area contributed by atoms with Gasteiger partial charge in [0.05, 0.1) is 42.0 Å². The predicted molar refractivity (Wildman–Crippen MR) is 210 cm³/mol. The highest BCUT2D eigenvalue weighted by molar-refractivity contribution is 7.86. The van der Waals surface area contributed by atoms with E-state index in [1.54, 1.807) is 50.7 Å². The fraction of sp³-hybridized carbons (Fsp3) is 0.474. The first-order valence-electron chi connectivity index (χ1n) is 17.5. The summed E-state index contributed by atoms with van der Waals surface area (Å²) in [5.41, 5.74) is 2.27. The Bertz CT molecular complexity index is 2080. The Kier molecular flexibility index (Phi) is 16.6. The highest BCUT2D eigenvalue weighted by Crippen LogP contribution is 2.50. The number of rotatable bonds is 23. The molecule has 0 saturated heterocycles. The van der Waals surface area contributed by atoms with Crippen LogP contribution in [-0.4, -0.2) is 105 Å². The number of aryl methyl sites for hydroxylation is 1. The molecule has 0 saturated carbocycles. The third-order valence-corrected chi connectivity index (χ3v) is 12.2. The molecule has 1 aliphatic rings. The first-order chi connectivity index (χ1) is 25.7. The number of ether oxygens (including phenoxy) is 4. The maximum atomic E-state index is 12.2. The van der Waals surface area contributed by atoms with E-state index in [0.717, 1.165) is 5.56 Å². The van der Waals surface area contributed by atoms with Crippen LogP contribution >= 0.6 is 0 Å². The summed E-state index contributed by atoms with van der Waals surface area (Å²) in [5.74, 6) is -0.491. The molecular weight excluding hydrogens is 775 g/mol. The molecule has 2 aromatic carbocycles. The number of allylic oxidation sites excluding steroid dienone is 7. The van der Waals surface area contributed by atoms with Gasteiger partial charge in [-0.2, -0.15) is 25.3 Å². The molecule has 2 unspecified atom stereocenters. The van der Waals surface area contributed by atoms with Gasteiger partial charge in [0.15, 0.2) is 0 Å². The molecule has 0 amide bonds. The molecular formula is C38H53NO13S3. The van der Waals surface area contributed by atoms with Crippen LogP contribution in [0.3, 0.4) is 0 Å². The summed E-state index contributed by atoms with van der Waals surface area (Å²) in [5, 5.41) is 0. The highest BCUT2D eigenvalue weighted by atomic mass is 32.2. The fourth-order valence-corrected chi connectivity index (χ4v) is 8.04. The van der Waals surface area contributed by atoms with Crippen molar-refractivity contribution in [2.75, 3.05) is 71.1 Å². The summed E-state index contributed by atoms with van der Waals surface area (Å²) in [6, 6.07) is 8.66. The van der Waals surface area contributed by atoms with Gasteiger partial charge in [-0.1, -0.05) is 43.9 Å². The van der Waals surface area contributed by atoms with Crippen molar-refractivity contribution in [2.45, 2.75) is 60.7 Å². The SMILES string of the molecule is C=C(/C=C/C=C/C=C1/N(CCCS(=O)(=O)O)c2ccc(S(=O)(=O)O)cc2C1(C)CCOCCOC)C(C)(CCOCCOC)c1cc(S(=O)(=O)O)ccc1C. The van der Waals surface area contributed by atoms with Crippen molar-refractivity contribution in [3.63, 3.8) is 0 Å². The molecule has 55 heavy (non-hydrogen) atoms. The van der Waals surface area contributed by atoms with E-state index in [2.05, 4.69) is 6.58 Å². The molecule has 0 aliphatic carbocycles. The summed E-state index contributed by atoms with van der Waals surface area (Å²) in [6.45, 7) is 12.2. The van der Waals surface area contributed by atoms with Gasteiger partial charge < -0.3 is 23.8 Å². The monoisotopic (exact) mass is 827 g/mol. The summed E-state index contributed by atoms with van der Waals surface area (Å²) in [6.07, 6.45) is 9.77. The van der Waals surface area contributed by atoms with Crippen LogP contribution in [0.25, 0.3) is 0 Å². The Hall–Kier alpha value is -3.23. The Morgan fingerprint density at radius 3 is 2.04 bits per heavy atom. The van der Waals surface area contributed by atoms with Crippen LogP contribution in [0.1, 0.15) is 49.8 Å². The molecule has 17 heteroatoms. The van der Waals surface area contributed by atoms with Crippen molar-refractivity contribution in [3.8, 4) is 0 Å². The second-order valence-electron chi connectivity index (χ2n) is 13.6. The largest absolute Gasteiger partial charge is 0.382 e. The van der Waals surface area contributed by atoms with E-state index >= 15 is 0 Å². The number of benzene rings is 2. The molecule has 0 bridgehead atoms. The lowest BCUT2D eigenvalue weighted by atomic mass is 9.72. The third-order valence-electron chi connectivity index (χ3n) is 9.73. The quantitative estimate of drug-likeness (QED) is 0.0724. The van der Waals surface area contributed by atoms with E-state index in [1.165, 1.54) is 24.3 Å². The van der Waals surface area contributed by atoms with Crippen molar-refractivity contribution in [3.05, 3.63) is 101 Å². The average Bonchev–Trinajstić information content (AvgIpc) is 3.32. The predicted octanol–water partition coefficient (Wildman–Crippen LogP) is 5.46. The lowest BCUT2D eigenvalue weighted by molar-refractivity contribution is 0.0639. The number of fused-ring (bicyclic) bond motifs is 1. The normalized spacial score (nSPS) is 18.4. The fourth-order valence-electron chi connectivity index (χ4n) is 6.53. The Morgan fingerprint density at radius 2 is 1.44 bits per heavy atom. The van der Waals surface area contributed by atoms with E-state index in [1.807, 2.05) is 31.7 Å². The minimum absolute atomic E-state index is 0.0610. The van der Waals surface area contributed by atoms with Crippen LogP contribution in [0.5, 0.6) is 0 Å². The van der Waals surface area contributed by atoms with Crippen LogP contribution in [-0.2, 0) is 60.1 Å². The first kappa shape index (κ1) is 46.2. The van der Waals surface area contributed by atoms with Gasteiger partial charge in [-0.3, -0.25) is 13.7 Å². The van der Waals surface area contributed by atoms with Gasteiger partial charge in [-0.05, 0) is 91.8 Å². The molecule has 0 radical (unpaired) electrons. The van der Waals surface area contributed by atoms with E-state index in [-0.39, 0.29) is 29.4 Å². The minimum atomic E-state index is -4.55. The van der Waals surface area contributed by atoms with Crippen LogP contribution in [0.15, 0.2) is 94.4 Å². The van der Waals surface area contributed by atoms with E-state index in [4.69, 9.17) is 18.9 Å². The van der Waals surface area contributed by atoms with E-state index < -0.39 is 46.9 Å². The number of hydrogen-bond acceptors (Lipinski definition) is 11. The molecule has 306 valence electrons. The number of methoxy groups -OCH3 is 2. The molecule has 0 fully saturated rings. The van der Waals surface area contributed by atoms with Crippen LogP contribution in [0, 0.1) is 6.92 Å². The van der Waals surface area contributed by atoms with Gasteiger partial charge >= 0.3 is 0 Å². The summed E-state index contributed by atoms with van der Waals surface area (Å²) in [4.78, 5) is 1.33. The zero-order valence-electron chi connectivity index (χ0n) is 31.9. The molecule has 0 spiro atoms. The Balaban J connectivity index is 2.05. The molecule has 2 atom stereocenters. The van der Waals surface area contributed by atoms with Gasteiger partial charge in [-0.15, -0.1) is 0 Å². The summed E-state index contributed by atoms with van der Waals surface area (Å²) in [7, 11) is -10.2. The summed E-state index contributed by atoms with van der Waals surface area (Å²) >= 11 is 0. The molecule has 1 heterocycles. The van der Waals surface area contributed by atoms with Crippen molar-refractivity contribution in [1.82, 2.24) is 0 Å². The van der Waals surface area contributed by atoms with Crippen LogP contribution in [0.2, 0.25) is 0 Å². The average molecular weight is 828 g/mol. The van der Waals surface area contributed by atoms with Gasteiger partial charge in [0.1, 0.15) is 0 Å². The van der Waals surface area contributed by atoms with Crippen LogP contribution < -0.4 is 4.90 Å². The van der Waals surface area contributed by atoms with Crippen molar-refractivity contribution in [1.29, 1.82) is 0 Å². The number of hydrogen-bond donors (Lipinski definition) is 3. The lowest BCUT2D eigenvalue weighted by Gasteiger charge is -2.33. The minimum Gasteiger partial charge on any atom is -0.382 e. The molecule has 0 aromatic heterocycles. The van der Waals surface area contributed by atoms with Gasteiger partial charge in [0.25, 0.3) is 30.4 Å². The first-order valence-corrected chi connectivity index (χ1v) is 22.0. The molecule has 14 nitrogen and oxygen atoms in total. The van der Waals surface area contributed by atoms with Crippen LogP contribution in [0.4, 0.5) is 5.69 Å². The number of anilines is 1. The second kappa shape index (κ2) is 19.8. The van der Waals surface area contributed by atoms with Gasteiger partial charge in [-0.25, -0.2) is 0 Å². The Labute approximate surface area is 325 Å². The maximum Gasteiger partial charge on any atom is 0.294 e. The number of nitrogens with zero attached hydrogens (tertiary/aromatic N) is 1. The van der Waals surface area contributed by atoms with E-state index in [9.17, 15) is 38.9 Å². The molecule has 1 aliphatic heterocycles. The molecule has 2 aromatic rings. The lowest BCUT2D eigenvalue weighted by Crippen LogP contribution is -2.31. The van der Waals surface area contributed by atoms with E-state index in [0.29, 0.717) is 74.0 Å². The standard InChI is InChI=1S/C38H53NO13S3/c1-29-13-14-31(54(43,44)45)27-33(29)37(3,17-20-51-24-22-49-5)30(2)11-8-7-9-12-36-38(4,18-21-52-25-23-50-6)34-28-32(55(46,47)48)15-16-35(34)39(36)19-10-26-53(40,41)42/h7-9,11-16,27-28H,2,10,17-26H2,1,3-6H3,(H,40,41,42)(H,43,44,45)(H,46,47,48)/b9-7+,11-8+,36-12+. The second-order valence-corrected chi connectivity index (χ2v) is 18.0. The van der Waals surface area contributed by atoms with Crippen molar-refractivity contribution >= 4 is 36.0 Å². The van der Waals surface area contributed by atoms with Crippen molar-refractivity contribution < 1.29 is 57.9 Å².